The first kappa shape index (κ1) is 17.6. The van der Waals surface area contributed by atoms with E-state index < -0.39 is 41.8 Å². The number of β-amino-alcohol motifs (C(OH)–C–C–N with tert-alkyl or cyclic N) is 1. The lowest BCUT2D eigenvalue weighted by Crippen LogP contribution is -2.46. The van der Waals surface area contributed by atoms with Gasteiger partial charge in [0.2, 0.25) is 5.91 Å². The molecule has 2 amide bonds. The molecule has 124 valence electrons. The van der Waals surface area contributed by atoms with Gasteiger partial charge >= 0.3 is 5.97 Å². The molecule has 2 atom stereocenters. The van der Waals surface area contributed by atoms with Crippen molar-refractivity contribution in [2.75, 3.05) is 6.54 Å². The Morgan fingerprint density at radius 1 is 1.35 bits per heavy atom. The van der Waals surface area contributed by atoms with Crippen LogP contribution in [-0.2, 0) is 20.0 Å². The highest BCUT2D eigenvalue weighted by Gasteiger charge is 2.53. The van der Waals surface area contributed by atoms with Crippen molar-refractivity contribution in [3.63, 3.8) is 0 Å². The van der Waals surface area contributed by atoms with Gasteiger partial charge in [0, 0.05) is 4.47 Å². The van der Waals surface area contributed by atoms with Crippen LogP contribution in [-0.4, -0.2) is 50.1 Å². The molecule has 0 bridgehead atoms. The fraction of sp³-hybridized carbons (Fsp3) is 0.400. The number of halogens is 1. The third kappa shape index (κ3) is 3.60. The van der Waals surface area contributed by atoms with E-state index in [1.165, 1.54) is 6.92 Å². The lowest BCUT2D eigenvalue weighted by atomic mass is 9.95. The fourth-order valence-electron chi connectivity index (χ4n) is 2.54. The van der Waals surface area contributed by atoms with Crippen molar-refractivity contribution in [3.05, 3.63) is 34.3 Å². The van der Waals surface area contributed by atoms with Crippen LogP contribution in [0.2, 0.25) is 0 Å². The van der Waals surface area contributed by atoms with Gasteiger partial charge < -0.3 is 15.3 Å². The molecule has 0 aromatic heterocycles. The van der Waals surface area contributed by atoms with E-state index in [1.54, 1.807) is 24.3 Å². The van der Waals surface area contributed by atoms with Crippen molar-refractivity contribution in [2.24, 2.45) is 0 Å². The van der Waals surface area contributed by atoms with Gasteiger partial charge in [-0.3, -0.25) is 19.3 Å². The number of likely N-dealkylation sites (tertiary alicyclic amines) is 1. The van der Waals surface area contributed by atoms with E-state index in [4.69, 9.17) is 5.11 Å². The SMILES string of the molecule is CC(O)(CN1C(=O)CC(O)(CC(=O)O)C1=O)c1ccc(Br)cc1. The summed E-state index contributed by atoms with van der Waals surface area (Å²) in [6, 6.07) is 6.69. The molecule has 1 heterocycles. The number of imide groups is 1. The Bertz CT molecular complexity index is 656. The summed E-state index contributed by atoms with van der Waals surface area (Å²) >= 11 is 3.27. The maximum absolute atomic E-state index is 12.2. The molecule has 2 unspecified atom stereocenters. The Kier molecular flexibility index (Phi) is 4.61. The van der Waals surface area contributed by atoms with Gasteiger partial charge in [-0.1, -0.05) is 28.1 Å². The van der Waals surface area contributed by atoms with E-state index in [0.717, 1.165) is 4.47 Å². The normalized spacial score (nSPS) is 23.9. The summed E-state index contributed by atoms with van der Waals surface area (Å²) in [5, 5.41) is 29.4. The van der Waals surface area contributed by atoms with E-state index >= 15 is 0 Å². The summed E-state index contributed by atoms with van der Waals surface area (Å²) in [7, 11) is 0. The highest BCUT2D eigenvalue weighted by atomic mass is 79.9. The Morgan fingerprint density at radius 3 is 2.43 bits per heavy atom. The number of aliphatic hydroxyl groups is 2. The molecule has 1 aliphatic rings. The first-order chi connectivity index (χ1) is 10.5. The van der Waals surface area contributed by atoms with Gasteiger partial charge in [-0.15, -0.1) is 0 Å². The number of benzene rings is 1. The Hall–Kier alpha value is -1.77. The zero-order valence-corrected chi connectivity index (χ0v) is 13.9. The largest absolute Gasteiger partial charge is 0.481 e. The van der Waals surface area contributed by atoms with E-state index in [1.807, 2.05) is 0 Å². The van der Waals surface area contributed by atoms with Crippen LogP contribution in [0.5, 0.6) is 0 Å². The Morgan fingerprint density at radius 2 is 1.91 bits per heavy atom. The summed E-state index contributed by atoms with van der Waals surface area (Å²) in [5.41, 5.74) is -3.30. The summed E-state index contributed by atoms with van der Waals surface area (Å²) in [4.78, 5) is 35.7. The standard InChI is InChI=1S/C15H16BrNO6/c1-14(22,9-2-4-10(16)5-3-9)8-17-11(18)6-15(23,13(17)21)7-12(19)20/h2-5,22-23H,6-8H2,1H3,(H,19,20). The smallest absolute Gasteiger partial charge is 0.306 e. The maximum atomic E-state index is 12.2. The minimum Gasteiger partial charge on any atom is -0.481 e. The van der Waals surface area contributed by atoms with Gasteiger partial charge in [0.05, 0.1) is 19.4 Å². The first-order valence-corrected chi connectivity index (χ1v) is 7.62. The molecule has 3 N–H and O–H groups in total. The number of carbonyl (C=O) groups is 3. The molecule has 23 heavy (non-hydrogen) atoms. The maximum Gasteiger partial charge on any atom is 0.306 e. The number of carboxylic acid groups (broad SMARTS) is 1. The molecule has 8 heteroatoms. The molecular formula is C15H16BrNO6. The number of carboxylic acids is 1. The van der Waals surface area contributed by atoms with Crippen molar-refractivity contribution in [1.29, 1.82) is 0 Å². The minimum absolute atomic E-state index is 0.367. The minimum atomic E-state index is -2.25. The van der Waals surface area contributed by atoms with Crippen LogP contribution in [0.15, 0.2) is 28.7 Å². The number of hydrogen-bond donors (Lipinski definition) is 3. The predicted octanol–water partition coefficient (Wildman–Crippen LogP) is 0.621. The lowest BCUT2D eigenvalue weighted by Gasteiger charge is -2.29. The van der Waals surface area contributed by atoms with Crippen molar-refractivity contribution in [2.45, 2.75) is 31.0 Å². The molecule has 1 fully saturated rings. The zero-order valence-electron chi connectivity index (χ0n) is 12.3. The summed E-state index contributed by atoms with van der Waals surface area (Å²) in [6.07, 6.45) is -1.46. The van der Waals surface area contributed by atoms with Gasteiger partial charge in [0.25, 0.3) is 5.91 Å². The van der Waals surface area contributed by atoms with Crippen molar-refractivity contribution < 1.29 is 29.7 Å². The molecule has 2 rings (SSSR count). The average Bonchev–Trinajstić information content (AvgIpc) is 2.61. The van der Waals surface area contributed by atoms with Gasteiger partial charge in [0.15, 0.2) is 5.60 Å². The topological polar surface area (TPSA) is 115 Å². The molecule has 1 aromatic carbocycles. The molecule has 0 saturated carbocycles. The van der Waals surface area contributed by atoms with Gasteiger partial charge in [0.1, 0.15) is 5.60 Å². The second kappa shape index (κ2) is 6.03. The molecule has 1 aromatic rings. The molecule has 1 saturated heterocycles. The van der Waals surface area contributed by atoms with Gasteiger partial charge in [-0.05, 0) is 24.6 Å². The number of amides is 2. The summed E-state index contributed by atoms with van der Waals surface area (Å²) in [6.45, 7) is 1.07. The first-order valence-electron chi connectivity index (χ1n) is 6.82. The van der Waals surface area contributed by atoms with E-state index in [-0.39, 0.29) is 6.54 Å². The summed E-state index contributed by atoms with van der Waals surface area (Å²) in [5.74, 6) is -3.09. The van der Waals surface area contributed by atoms with Gasteiger partial charge in [-0.25, -0.2) is 0 Å². The highest BCUT2D eigenvalue weighted by molar-refractivity contribution is 9.10. The molecule has 0 aliphatic carbocycles. The van der Waals surface area contributed by atoms with Crippen LogP contribution in [0.1, 0.15) is 25.3 Å². The Labute approximate surface area is 140 Å². The predicted molar refractivity (Wildman–Crippen MR) is 82.3 cm³/mol. The van der Waals surface area contributed by atoms with Crippen LogP contribution in [0.4, 0.5) is 0 Å². The second-order valence-electron chi connectivity index (χ2n) is 5.84. The third-order valence-electron chi connectivity index (χ3n) is 3.76. The number of nitrogens with zero attached hydrogens (tertiary/aromatic N) is 1. The van der Waals surface area contributed by atoms with Crippen molar-refractivity contribution >= 4 is 33.7 Å². The number of carbonyl (C=O) groups excluding carboxylic acids is 2. The van der Waals surface area contributed by atoms with Crippen LogP contribution in [0.25, 0.3) is 0 Å². The van der Waals surface area contributed by atoms with Crippen LogP contribution in [0, 0.1) is 0 Å². The lowest BCUT2D eigenvalue weighted by molar-refractivity contribution is -0.155. The quantitative estimate of drug-likeness (QED) is 0.640. The number of hydrogen-bond acceptors (Lipinski definition) is 5. The monoisotopic (exact) mass is 385 g/mol. The van der Waals surface area contributed by atoms with Crippen molar-refractivity contribution in [1.82, 2.24) is 4.90 Å². The van der Waals surface area contributed by atoms with E-state index in [2.05, 4.69) is 15.9 Å². The second-order valence-corrected chi connectivity index (χ2v) is 6.76. The van der Waals surface area contributed by atoms with Crippen LogP contribution >= 0.6 is 15.9 Å². The van der Waals surface area contributed by atoms with Crippen LogP contribution < -0.4 is 0 Å². The fourth-order valence-corrected chi connectivity index (χ4v) is 2.81. The van der Waals surface area contributed by atoms with Crippen molar-refractivity contribution in [3.8, 4) is 0 Å². The highest BCUT2D eigenvalue weighted by Crippen LogP contribution is 2.31. The van der Waals surface area contributed by atoms with Crippen LogP contribution in [0.3, 0.4) is 0 Å². The molecule has 0 spiro atoms. The number of rotatable bonds is 5. The van der Waals surface area contributed by atoms with E-state index in [0.29, 0.717) is 10.5 Å². The molecule has 7 nitrogen and oxygen atoms in total. The summed E-state index contributed by atoms with van der Waals surface area (Å²) < 4.78 is 0.807. The van der Waals surface area contributed by atoms with Gasteiger partial charge in [-0.2, -0.15) is 0 Å². The Balaban J connectivity index is 2.22. The number of aliphatic carboxylic acids is 1. The molecule has 1 aliphatic heterocycles. The molecular weight excluding hydrogens is 370 g/mol. The van der Waals surface area contributed by atoms with E-state index in [9.17, 15) is 24.6 Å². The average molecular weight is 386 g/mol. The molecule has 0 radical (unpaired) electrons. The third-order valence-corrected chi connectivity index (χ3v) is 4.29. The zero-order chi connectivity index (χ0) is 17.4.